The molecule has 1 aliphatic rings. The molecule has 1 aromatic carbocycles. The Kier molecular flexibility index (Phi) is 5.46. The number of carbonyl (C=O) groups excluding carboxylic acids is 1. The van der Waals surface area contributed by atoms with Crippen LogP contribution in [0.1, 0.15) is 30.1 Å². The van der Waals surface area contributed by atoms with Gasteiger partial charge < -0.3 is 14.8 Å². The summed E-state index contributed by atoms with van der Waals surface area (Å²) in [6, 6.07) is 7.89. The van der Waals surface area contributed by atoms with Crippen LogP contribution in [0, 0.1) is 6.92 Å². The van der Waals surface area contributed by atoms with Gasteiger partial charge in [-0.25, -0.2) is 0 Å². The number of carbonyl (C=O) groups is 1. The molecule has 0 radical (unpaired) electrons. The zero-order valence-electron chi connectivity index (χ0n) is 15.8. The van der Waals surface area contributed by atoms with E-state index in [9.17, 15) is 4.79 Å². The van der Waals surface area contributed by atoms with Crippen LogP contribution in [0.3, 0.4) is 0 Å². The number of hydrogen-bond donors (Lipinski definition) is 1. The number of likely N-dealkylation sites (tertiary alicyclic amines) is 1. The zero-order chi connectivity index (χ0) is 18.7. The van der Waals surface area contributed by atoms with E-state index in [1.165, 1.54) is 0 Å². The number of benzene rings is 1. The lowest BCUT2D eigenvalue weighted by Crippen LogP contribution is -2.33. The quantitative estimate of drug-likeness (QED) is 0.859. The number of aromatic nitrogens is 2. The molecule has 1 saturated heterocycles. The topological polar surface area (TPSA) is 68.6 Å². The average Bonchev–Trinajstić information content (AvgIpc) is 3.20. The van der Waals surface area contributed by atoms with Gasteiger partial charge in [0.25, 0.3) is 0 Å². The molecule has 1 fully saturated rings. The molecule has 140 valence electrons. The van der Waals surface area contributed by atoms with Gasteiger partial charge in [-0.05, 0) is 32.4 Å². The van der Waals surface area contributed by atoms with E-state index in [1.54, 1.807) is 18.9 Å². The molecule has 1 amide bonds. The van der Waals surface area contributed by atoms with Gasteiger partial charge in [-0.3, -0.25) is 14.4 Å². The second-order valence-electron chi connectivity index (χ2n) is 6.58. The summed E-state index contributed by atoms with van der Waals surface area (Å²) in [5.41, 5.74) is 1.97. The summed E-state index contributed by atoms with van der Waals surface area (Å²) in [6.45, 7) is 3.13. The molecule has 7 nitrogen and oxygen atoms in total. The second kappa shape index (κ2) is 7.78. The highest BCUT2D eigenvalue weighted by Crippen LogP contribution is 2.38. The lowest BCUT2D eigenvalue weighted by molar-refractivity contribution is -0.117. The summed E-state index contributed by atoms with van der Waals surface area (Å²) in [5, 5.41) is 7.20. The summed E-state index contributed by atoms with van der Waals surface area (Å²) in [5.74, 6) is 2.24. The Hall–Kier alpha value is -2.54. The molecule has 1 aliphatic heterocycles. The van der Waals surface area contributed by atoms with Gasteiger partial charge in [-0.1, -0.05) is 6.07 Å². The molecular formula is C19H26N4O3. The molecule has 0 spiro atoms. The van der Waals surface area contributed by atoms with E-state index in [1.807, 2.05) is 38.2 Å². The number of rotatable bonds is 6. The van der Waals surface area contributed by atoms with E-state index in [-0.39, 0.29) is 11.9 Å². The van der Waals surface area contributed by atoms with Gasteiger partial charge in [0.1, 0.15) is 17.3 Å². The molecule has 1 unspecified atom stereocenters. The number of ether oxygens (including phenoxy) is 2. The van der Waals surface area contributed by atoms with Gasteiger partial charge >= 0.3 is 0 Å². The average molecular weight is 358 g/mol. The van der Waals surface area contributed by atoms with Crippen molar-refractivity contribution < 1.29 is 14.3 Å². The minimum atomic E-state index is -0.0348. The van der Waals surface area contributed by atoms with E-state index >= 15 is 0 Å². The molecule has 0 aliphatic carbocycles. The SMILES string of the molecule is COc1ccc(C2CCCN2CC(=O)Nc2cc(C)nn2C)c(OC)c1. The lowest BCUT2D eigenvalue weighted by Gasteiger charge is -2.25. The predicted octanol–water partition coefficient (Wildman–Crippen LogP) is 2.52. The molecule has 1 atom stereocenters. The Bertz CT molecular complexity index is 787. The van der Waals surface area contributed by atoms with Crippen LogP contribution in [-0.2, 0) is 11.8 Å². The zero-order valence-corrected chi connectivity index (χ0v) is 15.8. The highest BCUT2D eigenvalue weighted by Gasteiger charge is 2.30. The Balaban J connectivity index is 1.72. The summed E-state index contributed by atoms with van der Waals surface area (Å²) in [4.78, 5) is 14.7. The van der Waals surface area contributed by atoms with Crippen molar-refractivity contribution in [2.75, 3.05) is 32.6 Å². The first-order valence-electron chi connectivity index (χ1n) is 8.78. The molecule has 2 heterocycles. The van der Waals surface area contributed by atoms with E-state index in [0.29, 0.717) is 12.4 Å². The predicted molar refractivity (Wildman–Crippen MR) is 99.7 cm³/mol. The number of nitrogens with zero attached hydrogens (tertiary/aromatic N) is 3. The van der Waals surface area contributed by atoms with Crippen LogP contribution in [0.5, 0.6) is 11.5 Å². The Morgan fingerprint density at radius 3 is 2.77 bits per heavy atom. The van der Waals surface area contributed by atoms with E-state index in [4.69, 9.17) is 9.47 Å². The van der Waals surface area contributed by atoms with Crippen molar-refractivity contribution in [1.29, 1.82) is 0 Å². The van der Waals surface area contributed by atoms with Crippen molar-refractivity contribution in [3.63, 3.8) is 0 Å². The van der Waals surface area contributed by atoms with Crippen LogP contribution in [0.2, 0.25) is 0 Å². The van der Waals surface area contributed by atoms with Crippen molar-refractivity contribution in [3.8, 4) is 11.5 Å². The number of aryl methyl sites for hydroxylation is 2. The fourth-order valence-corrected chi connectivity index (χ4v) is 3.56. The van der Waals surface area contributed by atoms with E-state index in [0.717, 1.165) is 42.1 Å². The molecule has 1 aromatic heterocycles. The van der Waals surface area contributed by atoms with Gasteiger partial charge in [0.2, 0.25) is 5.91 Å². The van der Waals surface area contributed by atoms with Crippen LogP contribution in [0.4, 0.5) is 5.82 Å². The molecule has 2 aromatic rings. The fraction of sp³-hybridized carbons (Fsp3) is 0.474. The molecule has 0 saturated carbocycles. The molecule has 3 rings (SSSR count). The Labute approximate surface area is 153 Å². The highest BCUT2D eigenvalue weighted by atomic mass is 16.5. The molecule has 1 N–H and O–H groups in total. The third-order valence-corrected chi connectivity index (χ3v) is 4.78. The maximum absolute atomic E-state index is 12.5. The van der Waals surface area contributed by atoms with Crippen molar-refractivity contribution in [2.45, 2.75) is 25.8 Å². The maximum Gasteiger partial charge on any atom is 0.239 e. The number of anilines is 1. The van der Waals surface area contributed by atoms with Crippen molar-refractivity contribution in [1.82, 2.24) is 14.7 Å². The third-order valence-electron chi connectivity index (χ3n) is 4.78. The Morgan fingerprint density at radius 2 is 2.12 bits per heavy atom. The maximum atomic E-state index is 12.5. The third kappa shape index (κ3) is 3.83. The monoisotopic (exact) mass is 358 g/mol. The molecular weight excluding hydrogens is 332 g/mol. The summed E-state index contributed by atoms with van der Waals surface area (Å²) in [6.07, 6.45) is 2.05. The van der Waals surface area contributed by atoms with Crippen molar-refractivity contribution >= 4 is 11.7 Å². The summed E-state index contributed by atoms with van der Waals surface area (Å²) in [7, 11) is 5.12. The minimum Gasteiger partial charge on any atom is -0.497 e. The van der Waals surface area contributed by atoms with Crippen LogP contribution in [-0.4, -0.2) is 47.9 Å². The fourth-order valence-electron chi connectivity index (χ4n) is 3.56. The first-order valence-corrected chi connectivity index (χ1v) is 8.78. The van der Waals surface area contributed by atoms with Crippen LogP contribution < -0.4 is 14.8 Å². The van der Waals surface area contributed by atoms with Crippen LogP contribution in [0.25, 0.3) is 0 Å². The molecule has 0 bridgehead atoms. The van der Waals surface area contributed by atoms with Crippen LogP contribution in [0.15, 0.2) is 24.3 Å². The summed E-state index contributed by atoms with van der Waals surface area (Å²) < 4.78 is 12.5. The number of hydrogen-bond acceptors (Lipinski definition) is 5. The van der Waals surface area contributed by atoms with E-state index < -0.39 is 0 Å². The highest BCUT2D eigenvalue weighted by molar-refractivity contribution is 5.91. The smallest absolute Gasteiger partial charge is 0.239 e. The normalized spacial score (nSPS) is 17.3. The van der Waals surface area contributed by atoms with Gasteiger partial charge in [-0.15, -0.1) is 0 Å². The number of nitrogens with one attached hydrogen (secondary N) is 1. The first kappa shape index (κ1) is 18.3. The Morgan fingerprint density at radius 1 is 1.31 bits per heavy atom. The number of methoxy groups -OCH3 is 2. The van der Waals surface area contributed by atoms with Gasteiger partial charge in [0.15, 0.2) is 0 Å². The largest absolute Gasteiger partial charge is 0.497 e. The standard InChI is InChI=1S/C19H26N4O3/c1-13-10-18(22(2)21-13)20-19(24)12-23-9-5-6-16(23)15-8-7-14(25-3)11-17(15)26-4/h7-8,10-11,16H,5-6,9,12H2,1-4H3,(H,20,24). The first-order chi connectivity index (χ1) is 12.5. The molecule has 7 heteroatoms. The van der Waals surface area contributed by atoms with Crippen molar-refractivity contribution in [3.05, 3.63) is 35.5 Å². The molecule has 26 heavy (non-hydrogen) atoms. The van der Waals surface area contributed by atoms with Gasteiger partial charge in [-0.2, -0.15) is 5.10 Å². The van der Waals surface area contributed by atoms with E-state index in [2.05, 4.69) is 15.3 Å². The van der Waals surface area contributed by atoms with Crippen molar-refractivity contribution in [2.24, 2.45) is 7.05 Å². The summed E-state index contributed by atoms with van der Waals surface area (Å²) >= 11 is 0. The van der Waals surface area contributed by atoms with Crippen LogP contribution >= 0.6 is 0 Å². The van der Waals surface area contributed by atoms with Gasteiger partial charge in [0.05, 0.1) is 26.5 Å². The lowest BCUT2D eigenvalue weighted by atomic mass is 10.0. The number of amides is 1. The van der Waals surface area contributed by atoms with Gasteiger partial charge in [0, 0.05) is 30.8 Å². The second-order valence-corrected chi connectivity index (χ2v) is 6.58. The minimum absolute atomic E-state index is 0.0348.